The number of amides is 1. The minimum absolute atomic E-state index is 0.218. The molecule has 0 radical (unpaired) electrons. The highest BCUT2D eigenvalue weighted by Crippen LogP contribution is 2.36. The molecule has 0 atom stereocenters. The third-order valence-electron chi connectivity index (χ3n) is 5.22. The second kappa shape index (κ2) is 11.0. The van der Waals surface area contributed by atoms with E-state index in [1.54, 1.807) is 30.5 Å². The number of hydrogen-bond donors (Lipinski definition) is 2. The van der Waals surface area contributed by atoms with Gasteiger partial charge >= 0.3 is 0 Å². The lowest BCUT2D eigenvalue weighted by Crippen LogP contribution is -2.37. The molecule has 0 saturated carbocycles. The lowest BCUT2D eigenvalue weighted by Gasteiger charge is -2.20. The van der Waals surface area contributed by atoms with Crippen molar-refractivity contribution in [2.24, 2.45) is 5.84 Å². The van der Waals surface area contributed by atoms with Crippen molar-refractivity contribution in [2.45, 2.75) is 26.4 Å². The van der Waals surface area contributed by atoms with Crippen molar-refractivity contribution in [3.63, 3.8) is 0 Å². The Balaban J connectivity index is 1.60. The Morgan fingerprint density at radius 1 is 1.11 bits per heavy atom. The van der Waals surface area contributed by atoms with E-state index in [-0.39, 0.29) is 5.91 Å². The van der Waals surface area contributed by atoms with Crippen molar-refractivity contribution < 1.29 is 14.3 Å². The minimum Gasteiger partial charge on any atom is -0.494 e. The number of halogens is 1. The topological polar surface area (TPSA) is 115 Å². The summed E-state index contributed by atoms with van der Waals surface area (Å²) in [5.41, 5.74) is 2.55. The Labute approximate surface area is 207 Å². The number of pyridine rings is 1. The number of aromatic nitrogens is 3. The highest BCUT2D eigenvalue weighted by atomic mass is 35.5. The molecule has 0 bridgehead atoms. The Bertz CT molecular complexity index is 1340. The third-order valence-corrected chi connectivity index (χ3v) is 5.52. The molecule has 3 N–H and O–H groups in total. The first kappa shape index (κ1) is 24.2. The molecule has 0 spiro atoms. The number of methoxy groups -OCH3 is 1. The summed E-state index contributed by atoms with van der Waals surface area (Å²) in [6, 6.07) is 14.4. The number of benzene rings is 2. The van der Waals surface area contributed by atoms with Crippen LogP contribution in [0.3, 0.4) is 0 Å². The van der Waals surface area contributed by atoms with Gasteiger partial charge in [-0.25, -0.2) is 20.8 Å². The summed E-state index contributed by atoms with van der Waals surface area (Å²) >= 11 is 6.46. The summed E-state index contributed by atoms with van der Waals surface area (Å²) in [6.07, 6.45) is 4.16. The van der Waals surface area contributed by atoms with Crippen molar-refractivity contribution in [2.75, 3.05) is 17.4 Å². The van der Waals surface area contributed by atoms with Crippen molar-refractivity contribution in [1.29, 1.82) is 0 Å². The number of nitrogens with one attached hydrogen (secondary N) is 1. The standard InChI is InChI=1S/C25H25ClN6O3/c1-3-6-24(33)32(27)21-12-18-20(13-23(21)34-2)29-15-30-25(18)31-16-8-9-22(19(26)11-16)35-14-17-7-4-5-10-28-17/h4-5,7-13,15H,3,6,14,27H2,1-2H3,(H,29,30,31). The van der Waals surface area contributed by atoms with Gasteiger partial charge in [-0.2, -0.15) is 0 Å². The van der Waals surface area contributed by atoms with Crippen LogP contribution in [0.1, 0.15) is 25.5 Å². The summed E-state index contributed by atoms with van der Waals surface area (Å²) in [5.74, 6) is 7.39. The summed E-state index contributed by atoms with van der Waals surface area (Å²) in [6.45, 7) is 2.22. The second-order valence-corrected chi connectivity index (χ2v) is 8.06. The van der Waals surface area contributed by atoms with Crippen molar-refractivity contribution >= 4 is 45.6 Å². The summed E-state index contributed by atoms with van der Waals surface area (Å²) in [4.78, 5) is 25.4. The molecule has 0 saturated heterocycles. The van der Waals surface area contributed by atoms with Crippen LogP contribution in [0.25, 0.3) is 10.9 Å². The van der Waals surface area contributed by atoms with E-state index in [4.69, 9.17) is 26.9 Å². The molecule has 4 rings (SSSR count). The zero-order valence-corrected chi connectivity index (χ0v) is 20.1. The van der Waals surface area contributed by atoms with Crippen LogP contribution in [0.5, 0.6) is 11.5 Å². The number of carbonyl (C=O) groups is 1. The fourth-order valence-electron chi connectivity index (χ4n) is 3.46. The van der Waals surface area contributed by atoms with E-state index in [1.807, 2.05) is 31.2 Å². The van der Waals surface area contributed by atoms with Crippen LogP contribution in [0.4, 0.5) is 17.2 Å². The molecule has 4 aromatic rings. The highest BCUT2D eigenvalue weighted by Gasteiger charge is 2.18. The SMILES string of the molecule is CCCC(=O)N(N)c1cc2c(Nc3ccc(OCc4ccccn4)c(Cl)c3)ncnc2cc1OC. The normalized spacial score (nSPS) is 10.7. The largest absolute Gasteiger partial charge is 0.494 e. The smallest absolute Gasteiger partial charge is 0.241 e. The first-order chi connectivity index (χ1) is 17.0. The molecule has 2 aromatic heterocycles. The van der Waals surface area contributed by atoms with Gasteiger partial charge in [-0.05, 0) is 42.8 Å². The zero-order valence-electron chi connectivity index (χ0n) is 19.4. The maximum absolute atomic E-state index is 12.4. The van der Waals surface area contributed by atoms with Gasteiger partial charge in [-0.1, -0.05) is 24.6 Å². The Morgan fingerprint density at radius 2 is 1.97 bits per heavy atom. The molecule has 9 nitrogen and oxygen atoms in total. The van der Waals surface area contributed by atoms with Gasteiger partial charge in [-0.15, -0.1) is 0 Å². The van der Waals surface area contributed by atoms with Crippen LogP contribution in [-0.2, 0) is 11.4 Å². The molecule has 2 heterocycles. The number of carbonyl (C=O) groups excluding carboxylic acids is 1. The van der Waals surface area contributed by atoms with Crippen LogP contribution < -0.4 is 25.6 Å². The van der Waals surface area contributed by atoms with Crippen molar-refractivity contribution in [3.8, 4) is 11.5 Å². The summed E-state index contributed by atoms with van der Waals surface area (Å²) in [5, 5.41) is 5.46. The van der Waals surface area contributed by atoms with Crippen LogP contribution in [0.15, 0.2) is 61.1 Å². The van der Waals surface area contributed by atoms with Crippen molar-refractivity contribution in [1.82, 2.24) is 15.0 Å². The van der Waals surface area contributed by atoms with Gasteiger partial charge in [0, 0.05) is 29.8 Å². The van der Waals surface area contributed by atoms with Gasteiger partial charge in [-0.3, -0.25) is 9.78 Å². The van der Waals surface area contributed by atoms with Gasteiger partial charge < -0.3 is 14.8 Å². The molecular formula is C25H25ClN6O3. The predicted molar refractivity (Wildman–Crippen MR) is 136 cm³/mol. The van der Waals surface area contributed by atoms with Crippen LogP contribution in [0, 0.1) is 0 Å². The third kappa shape index (κ3) is 5.59. The number of hydrogen-bond acceptors (Lipinski definition) is 8. The van der Waals surface area contributed by atoms with E-state index in [1.165, 1.54) is 13.4 Å². The van der Waals surface area contributed by atoms with Crippen LogP contribution in [-0.4, -0.2) is 28.0 Å². The molecule has 1 amide bonds. The van der Waals surface area contributed by atoms with Gasteiger partial charge in [0.05, 0.1) is 23.3 Å². The lowest BCUT2D eigenvalue weighted by atomic mass is 10.1. The Morgan fingerprint density at radius 3 is 2.69 bits per heavy atom. The minimum atomic E-state index is -0.218. The quantitative estimate of drug-likeness (QED) is 0.190. The van der Waals surface area contributed by atoms with E-state index >= 15 is 0 Å². The predicted octanol–water partition coefficient (Wildman–Crippen LogP) is 5.02. The molecule has 10 heteroatoms. The van der Waals surface area contributed by atoms with Gasteiger partial charge in [0.2, 0.25) is 5.91 Å². The van der Waals surface area contributed by atoms with E-state index in [9.17, 15) is 4.79 Å². The van der Waals surface area contributed by atoms with Gasteiger partial charge in [0.25, 0.3) is 0 Å². The van der Waals surface area contributed by atoms with Gasteiger partial charge in [0.1, 0.15) is 35.9 Å². The monoisotopic (exact) mass is 492 g/mol. The van der Waals surface area contributed by atoms with Gasteiger partial charge in [0.15, 0.2) is 0 Å². The Hall–Kier alpha value is -3.95. The van der Waals surface area contributed by atoms with Crippen LogP contribution >= 0.6 is 11.6 Å². The molecule has 0 aliphatic rings. The average Bonchev–Trinajstić information content (AvgIpc) is 2.88. The Kier molecular flexibility index (Phi) is 7.59. The molecule has 0 aliphatic carbocycles. The molecule has 0 fully saturated rings. The molecule has 2 aromatic carbocycles. The van der Waals surface area contributed by atoms with E-state index in [0.717, 1.165) is 10.7 Å². The number of fused-ring (bicyclic) bond motifs is 1. The number of rotatable bonds is 9. The van der Waals surface area contributed by atoms with E-state index in [0.29, 0.717) is 64.1 Å². The molecular weight excluding hydrogens is 468 g/mol. The zero-order chi connectivity index (χ0) is 24.8. The summed E-state index contributed by atoms with van der Waals surface area (Å²) in [7, 11) is 1.52. The second-order valence-electron chi connectivity index (χ2n) is 7.66. The molecule has 0 unspecified atom stereocenters. The fraction of sp³-hybridized carbons (Fsp3) is 0.200. The summed E-state index contributed by atoms with van der Waals surface area (Å²) < 4.78 is 11.2. The lowest BCUT2D eigenvalue weighted by molar-refractivity contribution is -0.118. The molecule has 180 valence electrons. The molecule has 0 aliphatic heterocycles. The van der Waals surface area contributed by atoms with Crippen molar-refractivity contribution in [3.05, 3.63) is 71.8 Å². The average molecular weight is 493 g/mol. The number of anilines is 3. The number of nitrogens with zero attached hydrogens (tertiary/aromatic N) is 4. The highest BCUT2D eigenvalue weighted by molar-refractivity contribution is 6.32. The van der Waals surface area contributed by atoms with E-state index < -0.39 is 0 Å². The van der Waals surface area contributed by atoms with Crippen LogP contribution in [0.2, 0.25) is 5.02 Å². The first-order valence-corrected chi connectivity index (χ1v) is 11.4. The van der Waals surface area contributed by atoms with E-state index in [2.05, 4.69) is 20.3 Å². The number of ether oxygens (including phenoxy) is 2. The fourth-order valence-corrected chi connectivity index (χ4v) is 3.70. The molecule has 35 heavy (non-hydrogen) atoms. The first-order valence-electron chi connectivity index (χ1n) is 11.0. The maximum Gasteiger partial charge on any atom is 0.241 e. The number of nitrogens with two attached hydrogens (primary N) is 1. The maximum atomic E-state index is 12.4. The number of hydrazine groups is 1.